The number of anilines is 1. The molecule has 0 aliphatic carbocycles. The van der Waals surface area contributed by atoms with Crippen molar-refractivity contribution in [2.75, 3.05) is 12.4 Å². The Morgan fingerprint density at radius 3 is 2.39 bits per heavy atom. The third-order valence-corrected chi connectivity index (χ3v) is 7.17. The van der Waals surface area contributed by atoms with Gasteiger partial charge in [-0.15, -0.1) is 0 Å². The molecule has 4 aromatic carbocycles. The SMILES string of the molecule is COc1cccc(Cl)c1NC(=O)c1cc2ccccc2c(N=Nc2cc(C)c(S(=O)(=O)O)c(Cl)c2)c1[O-].[Na+]. The number of azo groups is 1. The third kappa shape index (κ3) is 6.13. The number of methoxy groups -OCH3 is 1. The molecule has 4 rings (SSSR count). The fourth-order valence-electron chi connectivity index (χ4n) is 3.76. The Kier molecular flexibility index (Phi) is 9.43. The standard InChI is InChI=1S/C25H19Cl2N3O6S.Na/c1-13-10-15(12-19(27)24(13)37(33,34)35)29-30-21-16-7-4-3-6-14(16)11-17(23(21)31)25(32)28-22-18(26)8-5-9-20(22)36-2;/h3-12,31H,1-2H3,(H,28,32)(H,33,34,35);/q;+1/p-1. The largest absolute Gasteiger partial charge is 1.00 e. The molecule has 1 amide bonds. The second-order valence-electron chi connectivity index (χ2n) is 7.84. The Balaban J connectivity index is 0.00000400. The van der Waals surface area contributed by atoms with Crippen LogP contribution >= 0.6 is 23.2 Å². The molecule has 190 valence electrons. The maximum absolute atomic E-state index is 13.4. The van der Waals surface area contributed by atoms with Gasteiger partial charge < -0.3 is 15.2 Å². The minimum absolute atomic E-state index is 0. The maximum atomic E-state index is 13.4. The van der Waals surface area contributed by atoms with E-state index >= 15 is 0 Å². The van der Waals surface area contributed by atoms with E-state index in [4.69, 9.17) is 27.9 Å². The summed E-state index contributed by atoms with van der Waals surface area (Å²) in [5.41, 5.74) is 0.163. The van der Waals surface area contributed by atoms with Crippen molar-refractivity contribution in [3.05, 3.63) is 81.8 Å². The van der Waals surface area contributed by atoms with Gasteiger partial charge in [0.25, 0.3) is 16.0 Å². The number of fused-ring (bicyclic) bond motifs is 1. The van der Waals surface area contributed by atoms with E-state index in [9.17, 15) is 22.9 Å². The number of aryl methyl sites for hydroxylation is 1. The van der Waals surface area contributed by atoms with E-state index < -0.39 is 26.7 Å². The second kappa shape index (κ2) is 12.0. The zero-order valence-electron chi connectivity index (χ0n) is 20.3. The molecule has 0 saturated heterocycles. The van der Waals surface area contributed by atoms with Crippen molar-refractivity contribution >= 4 is 67.1 Å². The molecule has 0 aromatic heterocycles. The second-order valence-corrected chi connectivity index (χ2v) is 10.0. The van der Waals surface area contributed by atoms with Gasteiger partial charge in [0.1, 0.15) is 16.3 Å². The first-order valence-corrected chi connectivity index (χ1v) is 12.8. The minimum Gasteiger partial charge on any atom is -0.870 e. The van der Waals surface area contributed by atoms with Crippen LogP contribution in [0.1, 0.15) is 15.9 Å². The van der Waals surface area contributed by atoms with Gasteiger partial charge in [0, 0.05) is 10.9 Å². The Morgan fingerprint density at radius 2 is 1.74 bits per heavy atom. The summed E-state index contributed by atoms with van der Waals surface area (Å²) >= 11 is 12.2. The Hall–Kier alpha value is -2.70. The number of halogens is 2. The summed E-state index contributed by atoms with van der Waals surface area (Å²) in [6.45, 7) is 1.43. The molecule has 0 atom stereocenters. The van der Waals surface area contributed by atoms with E-state index in [1.807, 2.05) is 0 Å². The van der Waals surface area contributed by atoms with Crippen molar-refractivity contribution in [3.63, 3.8) is 0 Å². The zero-order chi connectivity index (χ0) is 26.9. The molecule has 0 saturated carbocycles. The molecule has 13 heteroatoms. The van der Waals surface area contributed by atoms with Crippen molar-refractivity contribution in [2.45, 2.75) is 11.8 Å². The van der Waals surface area contributed by atoms with Crippen LogP contribution in [-0.2, 0) is 10.1 Å². The fraction of sp³-hybridized carbons (Fsp3) is 0.0800. The molecule has 0 bridgehead atoms. The van der Waals surface area contributed by atoms with Gasteiger partial charge in [-0.2, -0.15) is 18.6 Å². The Bertz CT molecular complexity index is 1670. The van der Waals surface area contributed by atoms with Gasteiger partial charge in [-0.05, 0) is 48.2 Å². The van der Waals surface area contributed by atoms with E-state index in [1.165, 1.54) is 32.2 Å². The quantitative estimate of drug-likeness (QED) is 0.203. The molecule has 4 aromatic rings. The maximum Gasteiger partial charge on any atom is 1.00 e. The number of nitrogens with zero attached hydrogens (tertiary/aromatic N) is 2. The van der Waals surface area contributed by atoms with Crippen LogP contribution in [0.25, 0.3) is 10.8 Å². The molecule has 0 radical (unpaired) electrons. The zero-order valence-corrected chi connectivity index (χ0v) is 24.6. The minimum atomic E-state index is -4.55. The summed E-state index contributed by atoms with van der Waals surface area (Å²) in [6, 6.07) is 15.6. The van der Waals surface area contributed by atoms with Crippen LogP contribution in [0.2, 0.25) is 10.0 Å². The smallest absolute Gasteiger partial charge is 0.870 e. The molecule has 0 unspecified atom stereocenters. The van der Waals surface area contributed by atoms with Crippen molar-refractivity contribution < 1.29 is 57.2 Å². The van der Waals surface area contributed by atoms with Gasteiger partial charge in [-0.3, -0.25) is 9.35 Å². The van der Waals surface area contributed by atoms with Crippen LogP contribution in [0.4, 0.5) is 17.1 Å². The van der Waals surface area contributed by atoms with Gasteiger partial charge in [0.15, 0.2) is 0 Å². The Morgan fingerprint density at radius 1 is 1.03 bits per heavy atom. The summed E-state index contributed by atoms with van der Waals surface area (Å²) in [5.74, 6) is -1.10. The number of amides is 1. The van der Waals surface area contributed by atoms with Crippen LogP contribution < -0.4 is 44.7 Å². The molecular weight excluding hydrogens is 564 g/mol. The van der Waals surface area contributed by atoms with Crippen LogP contribution in [-0.4, -0.2) is 26.0 Å². The Labute approximate surface area is 250 Å². The number of para-hydroxylation sites is 1. The van der Waals surface area contributed by atoms with E-state index in [-0.39, 0.29) is 67.8 Å². The number of hydrogen-bond donors (Lipinski definition) is 2. The van der Waals surface area contributed by atoms with Gasteiger partial charge in [-0.25, -0.2) is 0 Å². The molecular formula is C25H18Cl2N3NaO6S. The van der Waals surface area contributed by atoms with E-state index in [1.54, 1.807) is 42.5 Å². The van der Waals surface area contributed by atoms with Crippen molar-refractivity contribution in [1.82, 2.24) is 0 Å². The number of benzene rings is 4. The number of carbonyl (C=O) groups excluding carboxylic acids is 1. The predicted octanol–water partition coefficient (Wildman–Crippen LogP) is 3.46. The predicted molar refractivity (Wildman–Crippen MR) is 140 cm³/mol. The first kappa shape index (κ1) is 29.9. The monoisotopic (exact) mass is 581 g/mol. The van der Waals surface area contributed by atoms with Crippen molar-refractivity contribution in [3.8, 4) is 11.5 Å². The summed E-state index contributed by atoms with van der Waals surface area (Å²) in [6.07, 6.45) is 0. The molecule has 0 heterocycles. The molecule has 9 nitrogen and oxygen atoms in total. The average Bonchev–Trinajstić information content (AvgIpc) is 2.83. The summed E-state index contributed by atoms with van der Waals surface area (Å²) in [5, 5.41) is 25.1. The fourth-order valence-corrected chi connectivity index (χ4v) is 5.30. The first-order chi connectivity index (χ1) is 17.5. The van der Waals surface area contributed by atoms with Crippen molar-refractivity contribution in [1.29, 1.82) is 0 Å². The normalized spacial score (nSPS) is 11.4. The molecule has 0 fully saturated rings. The molecule has 2 N–H and O–H groups in total. The average molecular weight is 582 g/mol. The van der Waals surface area contributed by atoms with Gasteiger partial charge in [0.2, 0.25) is 0 Å². The van der Waals surface area contributed by atoms with Crippen molar-refractivity contribution in [2.24, 2.45) is 10.2 Å². The van der Waals surface area contributed by atoms with Gasteiger partial charge in [-0.1, -0.05) is 59.3 Å². The number of carbonyl (C=O) groups is 1. The van der Waals surface area contributed by atoms with E-state index in [2.05, 4.69) is 15.5 Å². The topological polar surface area (TPSA) is 140 Å². The number of nitrogens with one attached hydrogen (secondary N) is 1. The van der Waals surface area contributed by atoms with E-state index in [0.29, 0.717) is 16.5 Å². The van der Waals surface area contributed by atoms with E-state index in [0.717, 1.165) is 0 Å². The van der Waals surface area contributed by atoms with Crippen LogP contribution in [0.15, 0.2) is 75.8 Å². The first-order valence-electron chi connectivity index (χ1n) is 10.6. The van der Waals surface area contributed by atoms with Crippen LogP contribution in [0, 0.1) is 6.92 Å². The molecule has 0 aliphatic rings. The van der Waals surface area contributed by atoms with Crippen LogP contribution in [0.5, 0.6) is 11.5 Å². The molecule has 0 spiro atoms. The summed E-state index contributed by atoms with van der Waals surface area (Å²) in [7, 11) is -3.13. The number of ether oxygens (including phenoxy) is 1. The number of rotatable bonds is 6. The van der Waals surface area contributed by atoms with Gasteiger partial charge in [0.05, 0.1) is 28.5 Å². The summed E-state index contributed by atoms with van der Waals surface area (Å²) < 4.78 is 37.8. The summed E-state index contributed by atoms with van der Waals surface area (Å²) in [4.78, 5) is 12.7. The third-order valence-electron chi connectivity index (χ3n) is 5.39. The van der Waals surface area contributed by atoms with Crippen LogP contribution in [0.3, 0.4) is 0 Å². The van der Waals surface area contributed by atoms with Gasteiger partial charge >= 0.3 is 29.6 Å². The molecule has 38 heavy (non-hydrogen) atoms. The molecule has 0 aliphatic heterocycles. The number of hydrogen-bond acceptors (Lipinski definition) is 7.